The molecule has 10 nitrogen and oxygen atoms in total. The van der Waals surface area contributed by atoms with Gasteiger partial charge in [0.1, 0.15) is 5.78 Å². The van der Waals surface area contributed by atoms with Gasteiger partial charge in [-0.1, -0.05) is 52.6 Å². The molecule has 41 heavy (non-hydrogen) atoms. The number of carbonyl (C=O) groups is 2. The van der Waals surface area contributed by atoms with Gasteiger partial charge >= 0.3 is 5.97 Å². The quantitative estimate of drug-likeness (QED) is 0.0199. The number of nitrogens with one attached hydrogen (secondary N) is 1. The second kappa shape index (κ2) is 17.5. The number of azide groups is 1. The van der Waals surface area contributed by atoms with Crippen LogP contribution in [-0.4, -0.2) is 69.8 Å². The van der Waals surface area contributed by atoms with Gasteiger partial charge in [-0.3, -0.25) is 15.0 Å². The number of hydrogen-bond donors (Lipinski definition) is 3. The lowest BCUT2D eigenvalue weighted by atomic mass is 9.68. The molecule has 1 aliphatic rings. The highest BCUT2D eigenvalue weighted by atomic mass is 32.2. The van der Waals surface area contributed by atoms with Crippen molar-refractivity contribution < 1.29 is 29.3 Å². The number of ketones is 1. The van der Waals surface area contributed by atoms with Crippen molar-refractivity contribution in [3.05, 3.63) is 10.4 Å². The maximum atomic E-state index is 13.9. The highest BCUT2D eigenvalue weighted by Crippen LogP contribution is 2.45. The minimum Gasteiger partial charge on any atom is -0.469 e. The molecule has 11 heteroatoms. The molecular formula is C30H54N4O6S. The number of rotatable bonds is 21. The predicted octanol–water partition coefficient (Wildman–Crippen LogP) is 6.46. The predicted molar refractivity (Wildman–Crippen MR) is 164 cm³/mol. The van der Waals surface area contributed by atoms with Crippen molar-refractivity contribution in [2.24, 2.45) is 28.3 Å². The van der Waals surface area contributed by atoms with Gasteiger partial charge in [0.15, 0.2) is 0 Å². The number of epoxide rings is 1. The first kappa shape index (κ1) is 37.4. The SMILES string of the molecule is CCC(C)(C(=O)C(CCCCN=[N+]=[N-])C(O)C(C)CCCC1(C)OC1CC(C)[C@@H](C)SC(C)=N)[C@@H](O)CC(=O)OC. The molecule has 7 unspecified atom stereocenters. The summed E-state index contributed by atoms with van der Waals surface area (Å²) in [6.07, 6.45) is 3.03. The number of esters is 1. The summed E-state index contributed by atoms with van der Waals surface area (Å²) in [6, 6.07) is 0. The van der Waals surface area contributed by atoms with E-state index >= 15 is 0 Å². The molecule has 9 atom stereocenters. The highest BCUT2D eigenvalue weighted by Gasteiger charge is 2.52. The third kappa shape index (κ3) is 11.5. The van der Waals surface area contributed by atoms with Crippen LogP contribution in [0.3, 0.4) is 0 Å². The number of aliphatic hydroxyl groups is 2. The summed E-state index contributed by atoms with van der Waals surface area (Å²) in [5.74, 6) is -1.29. The molecule has 0 aromatic carbocycles. The fraction of sp³-hybridized carbons (Fsp3) is 0.900. The van der Waals surface area contributed by atoms with Crippen LogP contribution in [0.5, 0.6) is 0 Å². The van der Waals surface area contributed by atoms with Crippen LogP contribution in [-0.2, 0) is 19.1 Å². The lowest BCUT2D eigenvalue weighted by molar-refractivity contribution is -0.151. The fourth-order valence-electron chi connectivity index (χ4n) is 5.59. The van der Waals surface area contributed by atoms with Gasteiger partial charge in [-0.2, -0.15) is 0 Å². The third-order valence-electron chi connectivity index (χ3n) is 9.16. The van der Waals surface area contributed by atoms with Crippen LogP contribution >= 0.6 is 11.8 Å². The molecule has 0 aromatic heterocycles. The van der Waals surface area contributed by atoms with Crippen LogP contribution in [0.4, 0.5) is 0 Å². The van der Waals surface area contributed by atoms with E-state index in [1.54, 1.807) is 25.6 Å². The molecule has 1 rings (SSSR count). The Bertz CT molecular complexity index is 915. The molecule has 1 heterocycles. The summed E-state index contributed by atoms with van der Waals surface area (Å²) in [7, 11) is 1.24. The Morgan fingerprint density at radius 3 is 2.41 bits per heavy atom. The number of unbranched alkanes of at least 4 members (excludes halogenated alkanes) is 1. The Labute approximate surface area is 250 Å². The minimum absolute atomic E-state index is 0.161. The van der Waals surface area contributed by atoms with Crippen LogP contribution in [0.15, 0.2) is 5.11 Å². The summed E-state index contributed by atoms with van der Waals surface area (Å²) >= 11 is 1.59. The normalized spacial score (nSPS) is 24.1. The number of hydrogen-bond acceptors (Lipinski definition) is 9. The maximum absolute atomic E-state index is 13.9. The van der Waals surface area contributed by atoms with Crippen molar-refractivity contribution in [1.29, 1.82) is 5.41 Å². The summed E-state index contributed by atoms with van der Waals surface area (Å²) in [5, 5.41) is 34.6. The van der Waals surface area contributed by atoms with E-state index in [9.17, 15) is 19.8 Å². The number of methoxy groups -OCH3 is 1. The van der Waals surface area contributed by atoms with Gasteiger partial charge in [0, 0.05) is 22.6 Å². The van der Waals surface area contributed by atoms with Gasteiger partial charge in [-0.25, -0.2) is 0 Å². The monoisotopic (exact) mass is 598 g/mol. The number of nitrogens with zero attached hydrogens (tertiary/aromatic N) is 3. The molecule has 236 valence electrons. The first-order chi connectivity index (χ1) is 19.2. The van der Waals surface area contributed by atoms with Crippen molar-refractivity contribution >= 4 is 28.6 Å². The first-order valence-corrected chi connectivity index (χ1v) is 15.9. The van der Waals surface area contributed by atoms with Crippen LogP contribution in [0.25, 0.3) is 10.4 Å². The zero-order chi connectivity index (χ0) is 31.4. The van der Waals surface area contributed by atoms with Crippen molar-refractivity contribution in [1.82, 2.24) is 0 Å². The van der Waals surface area contributed by atoms with Crippen LogP contribution in [0.1, 0.15) is 106 Å². The van der Waals surface area contributed by atoms with Crippen LogP contribution < -0.4 is 0 Å². The van der Waals surface area contributed by atoms with E-state index in [4.69, 9.17) is 20.4 Å². The average Bonchev–Trinajstić information content (AvgIpc) is 3.56. The van der Waals surface area contributed by atoms with Gasteiger partial charge < -0.3 is 19.7 Å². The topological polar surface area (TPSA) is 169 Å². The Morgan fingerprint density at radius 1 is 1.20 bits per heavy atom. The highest BCUT2D eigenvalue weighted by molar-refractivity contribution is 8.14. The van der Waals surface area contributed by atoms with E-state index in [0.717, 1.165) is 25.7 Å². The number of thioether (sulfide) groups is 1. The first-order valence-electron chi connectivity index (χ1n) is 15.0. The molecule has 0 amide bonds. The van der Waals surface area contributed by atoms with Crippen LogP contribution in [0.2, 0.25) is 0 Å². The molecule has 0 bridgehead atoms. The molecule has 1 saturated heterocycles. The van der Waals surface area contributed by atoms with Crippen molar-refractivity contribution in [3.8, 4) is 0 Å². The van der Waals surface area contributed by atoms with Gasteiger partial charge in [0.05, 0.1) is 47.9 Å². The van der Waals surface area contributed by atoms with E-state index in [1.807, 2.05) is 13.8 Å². The summed E-state index contributed by atoms with van der Waals surface area (Å²) in [4.78, 5) is 28.5. The fourth-order valence-corrected chi connectivity index (χ4v) is 6.49. The number of carbonyl (C=O) groups excluding carboxylic acids is 2. The Kier molecular flexibility index (Phi) is 15.9. The Morgan fingerprint density at radius 2 is 1.85 bits per heavy atom. The molecule has 3 N–H and O–H groups in total. The number of aliphatic hydroxyl groups excluding tert-OH is 2. The molecule has 1 fully saturated rings. The standard InChI is InChI=1S/C30H54N4O6S/c1-9-29(6,24(35)18-26(36)39-8)28(38)23(14-10-11-16-33-34-32)27(37)19(2)13-12-15-30(7)25(40-30)17-20(3)21(4)41-22(5)31/h19-21,23-25,27,31,35,37H,9-18H2,1-8H3/t19?,20?,21-,23?,24+,25?,27?,29?,30?/m1/s1. The number of Topliss-reactive ketones (excluding diaryl/α,β-unsaturated/α-hetero) is 1. The molecule has 0 spiro atoms. The van der Waals surface area contributed by atoms with Gasteiger partial charge in [-0.05, 0) is 69.7 Å². The zero-order valence-electron chi connectivity index (χ0n) is 26.4. The van der Waals surface area contributed by atoms with Gasteiger partial charge in [0.2, 0.25) is 0 Å². The molecule has 0 aliphatic carbocycles. The van der Waals surface area contributed by atoms with Crippen LogP contribution in [0, 0.1) is 28.6 Å². The number of ether oxygens (including phenoxy) is 2. The molecule has 1 aliphatic heterocycles. The Hall–Kier alpha value is -1.65. The van der Waals surface area contributed by atoms with Gasteiger partial charge in [0.25, 0.3) is 0 Å². The third-order valence-corrected chi connectivity index (χ3v) is 10.3. The molecule has 0 aromatic rings. The summed E-state index contributed by atoms with van der Waals surface area (Å²) in [6.45, 7) is 14.0. The van der Waals surface area contributed by atoms with Crippen molar-refractivity contribution in [2.45, 2.75) is 135 Å². The van der Waals surface area contributed by atoms with E-state index in [2.05, 4.69) is 30.8 Å². The summed E-state index contributed by atoms with van der Waals surface area (Å²) < 4.78 is 10.8. The van der Waals surface area contributed by atoms with E-state index < -0.39 is 29.5 Å². The smallest absolute Gasteiger partial charge is 0.308 e. The van der Waals surface area contributed by atoms with E-state index in [0.29, 0.717) is 48.4 Å². The molecule has 0 radical (unpaired) electrons. The second-order valence-corrected chi connectivity index (χ2v) is 14.0. The Balaban J connectivity index is 2.85. The zero-order valence-corrected chi connectivity index (χ0v) is 27.2. The maximum Gasteiger partial charge on any atom is 0.308 e. The van der Waals surface area contributed by atoms with E-state index in [1.165, 1.54) is 7.11 Å². The van der Waals surface area contributed by atoms with Crippen molar-refractivity contribution in [3.63, 3.8) is 0 Å². The molecular weight excluding hydrogens is 544 g/mol. The average molecular weight is 599 g/mol. The minimum atomic E-state index is -1.23. The lowest BCUT2D eigenvalue weighted by Gasteiger charge is -2.37. The lowest BCUT2D eigenvalue weighted by Crippen LogP contribution is -2.48. The van der Waals surface area contributed by atoms with E-state index in [-0.39, 0.29) is 29.8 Å². The van der Waals surface area contributed by atoms with Crippen molar-refractivity contribution in [2.75, 3.05) is 13.7 Å². The molecule has 0 saturated carbocycles. The van der Waals surface area contributed by atoms with Gasteiger partial charge in [-0.15, -0.1) is 11.8 Å². The largest absolute Gasteiger partial charge is 0.469 e. The second-order valence-electron chi connectivity index (χ2n) is 12.4. The summed E-state index contributed by atoms with van der Waals surface area (Å²) in [5.41, 5.74) is 7.16.